The van der Waals surface area contributed by atoms with E-state index in [0.717, 1.165) is 0 Å². The van der Waals surface area contributed by atoms with E-state index in [1.165, 1.54) is 4.68 Å². The zero-order valence-electron chi connectivity index (χ0n) is 18.4. The summed E-state index contributed by atoms with van der Waals surface area (Å²) in [6.07, 6.45) is -0.575. The number of carbonyl (C=O) groups is 1. The summed E-state index contributed by atoms with van der Waals surface area (Å²) in [5.41, 5.74) is 4.33. The van der Waals surface area contributed by atoms with Crippen molar-refractivity contribution in [1.82, 2.24) is 19.6 Å². The number of nitrogens with one attached hydrogen (secondary N) is 1. The Balaban J connectivity index is 0.000000194. The van der Waals surface area contributed by atoms with Gasteiger partial charge < -0.3 is 30.2 Å². The van der Waals surface area contributed by atoms with E-state index in [1.54, 1.807) is 51.7 Å². The number of aromatic nitrogens is 4. The molecule has 0 aromatic carbocycles. The summed E-state index contributed by atoms with van der Waals surface area (Å²) in [5.74, 6) is 0.764. The van der Waals surface area contributed by atoms with Crippen LogP contribution in [-0.4, -0.2) is 67.9 Å². The number of aryl methyl sites for hydroxylation is 2. The third-order valence-electron chi connectivity index (χ3n) is 4.72. The summed E-state index contributed by atoms with van der Waals surface area (Å²) in [4.78, 5) is 11.6. The average Bonchev–Trinajstić information content (AvgIpc) is 3.11. The first-order valence-corrected chi connectivity index (χ1v) is 9.76. The maximum absolute atomic E-state index is 11.6. The Kier molecular flexibility index (Phi) is 6.02. The summed E-state index contributed by atoms with van der Waals surface area (Å²) in [6.45, 7) is 6.47. The number of anilines is 2. The van der Waals surface area contributed by atoms with E-state index in [2.05, 4.69) is 15.5 Å². The predicted molar refractivity (Wildman–Crippen MR) is 110 cm³/mol. The largest absolute Gasteiger partial charge is 0.444 e. The van der Waals surface area contributed by atoms with Gasteiger partial charge in [0.2, 0.25) is 0 Å². The Morgan fingerprint density at radius 2 is 1.55 bits per heavy atom. The Bertz CT molecular complexity index is 938. The number of ether oxygens (including phenoxy) is 3. The van der Waals surface area contributed by atoms with Crippen molar-refractivity contribution in [2.45, 2.75) is 37.6 Å². The van der Waals surface area contributed by atoms with Crippen LogP contribution in [-0.2, 0) is 39.5 Å². The van der Waals surface area contributed by atoms with Crippen LogP contribution in [0.1, 0.15) is 32.2 Å². The van der Waals surface area contributed by atoms with Gasteiger partial charge in [-0.3, -0.25) is 14.7 Å². The molecular weight excluding hydrogens is 408 g/mol. The molecule has 2 fully saturated rings. The minimum Gasteiger partial charge on any atom is -0.444 e. The van der Waals surface area contributed by atoms with E-state index in [9.17, 15) is 15.0 Å². The maximum atomic E-state index is 11.6. The molecule has 2 saturated heterocycles. The van der Waals surface area contributed by atoms with Crippen molar-refractivity contribution in [2.24, 2.45) is 14.1 Å². The van der Waals surface area contributed by atoms with Crippen LogP contribution in [0.15, 0.2) is 12.1 Å². The third-order valence-corrected chi connectivity index (χ3v) is 4.72. The SMILES string of the molecule is Cn1nc(N)cc1C1(O)COC1.Cn1nc(NC(=O)OC(C)(C)C)cc1C1(O)COC1. The maximum Gasteiger partial charge on any atom is 0.413 e. The zero-order valence-corrected chi connectivity index (χ0v) is 18.4. The molecule has 4 rings (SSSR count). The van der Waals surface area contributed by atoms with Crippen molar-refractivity contribution < 1.29 is 29.2 Å². The van der Waals surface area contributed by atoms with Gasteiger partial charge in [-0.2, -0.15) is 10.2 Å². The normalized spacial score (nSPS) is 18.8. The van der Waals surface area contributed by atoms with Crippen molar-refractivity contribution >= 4 is 17.7 Å². The van der Waals surface area contributed by atoms with E-state index in [4.69, 9.17) is 19.9 Å². The second-order valence-corrected chi connectivity index (χ2v) is 8.79. The highest BCUT2D eigenvalue weighted by Gasteiger charge is 2.41. The summed E-state index contributed by atoms with van der Waals surface area (Å²) < 4.78 is 18.2. The van der Waals surface area contributed by atoms with Gasteiger partial charge in [-0.05, 0) is 20.8 Å². The van der Waals surface area contributed by atoms with Gasteiger partial charge in [-0.25, -0.2) is 4.79 Å². The average molecular weight is 438 g/mol. The summed E-state index contributed by atoms with van der Waals surface area (Å²) in [5, 5.41) is 30.6. The molecule has 12 nitrogen and oxygen atoms in total. The topological polar surface area (TPSA) is 159 Å². The second-order valence-electron chi connectivity index (χ2n) is 8.79. The first-order chi connectivity index (χ1) is 14.3. The molecule has 1 amide bonds. The molecule has 12 heteroatoms. The molecule has 0 aliphatic carbocycles. The number of hydrogen-bond donors (Lipinski definition) is 4. The van der Waals surface area contributed by atoms with Crippen LogP contribution in [0.5, 0.6) is 0 Å². The number of carbonyl (C=O) groups excluding carboxylic acids is 1. The van der Waals surface area contributed by atoms with E-state index in [-0.39, 0.29) is 13.2 Å². The molecule has 2 aliphatic rings. The highest BCUT2D eigenvalue weighted by Crippen LogP contribution is 2.31. The summed E-state index contributed by atoms with van der Waals surface area (Å²) in [6, 6.07) is 3.29. The Hall–Kier alpha value is -2.67. The molecule has 0 radical (unpaired) electrons. The fraction of sp³-hybridized carbons (Fsp3) is 0.632. The molecule has 2 aliphatic heterocycles. The molecule has 31 heavy (non-hydrogen) atoms. The molecule has 2 aromatic heterocycles. The van der Waals surface area contributed by atoms with Crippen LogP contribution in [0.3, 0.4) is 0 Å². The van der Waals surface area contributed by atoms with Gasteiger partial charge in [0.05, 0.1) is 37.8 Å². The van der Waals surface area contributed by atoms with Gasteiger partial charge in [0.25, 0.3) is 0 Å². The lowest BCUT2D eigenvalue weighted by molar-refractivity contribution is -0.188. The van der Waals surface area contributed by atoms with Crippen molar-refractivity contribution in [3.05, 3.63) is 23.5 Å². The number of nitrogen functional groups attached to an aromatic ring is 1. The number of hydrogen-bond acceptors (Lipinski definition) is 9. The smallest absolute Gasteiger partial charge is 0.413 e. The van der Waals surface area contributed by atoms with Gasteiger partial charge in [0.15, 0.2) is 17.0 Å². The summed E-state index contributed by atoms with van der Waals surface area (Å²) in [7, 11) is 3.45. The van der Waals surface area contributed by atoms with Crippen molar-refractivity contribution in [2.75, 3.05) is 37.5 Å². The Labute approximate surface area is 179 Å². The minimum absolute atomic E-state index is 0.235. The number of aliphatic hydroxyl groups is 2. The van der Waals surface area contributed by atoms with Gasteiger partial charge in [0, 0.05) is 26.2 Å². The lowest BCUT2D eigenvalue weighted by atomic mass is 9.98. The molecule has 0 atom stereocenters. The second kappa shape index (κ2) is 8.11. The number of amides is 1. The monoisotopic (exact) mass is 438 g/mol. The van der Waals surface area contributed by atoms with Crippen molar-refractivity contribution in [3.8, 4) is 0 Å². The van der Waals surface area contributed by atoms with Crippen LogP contribution in [0.4, 0.5) is 16.4 Å². The molecule has 4 heterocycles. The molecule has 5 N–H and O–H groups in total. The highest BCUT2D eigenvalue weighted by atomic mass is 16.6. The van der Waals surface area contributed by atoms with E-state index in [1.807, 2.05) is 0 Å². The van der Waals surface area contributed by atoms with Gasteiger partial charge >= 0.3 is 6.09 Å². The van der Waals surface area contributed by atoms with Crippen LogP contribution < -0.4 is 11.1 Å². The fourth-order valence-corrected chi connectivity index (χ4v) is 3.18. The fourth-order valence-electron chi connectivity index (χ4n) is 3.18. The Morgan fingerprint density at radius 3 is 1.94 bits per heavy atom. The van der Waals surface area contributed by atoms with Crippen molar-refractivity contribution in [1.29, 1.82) is 0 Å². The Morgan fingerprint density at radius 1 is 1.06 bits per heavy atom. The number of nitrogens with zero attached hydrogens (tertiary/aromatic N) is 4. The van der Waals surface area contributed by atoms with Gasteiger partial charge in [0.1, 0.15) is 11.4 Å². The first kappa shape index (κ1) is 23.0. The molecule has 0 bridgehead atoms. The molecule has 2 aromatic rings. The molecule has 0 saturated carbocycles. The minimum atomic E-state index is -1.02. The van der Waals surface area contributed by atoms with E-state index in [0.29, 0.717) is 36.2 Å². The van der Waals surface area contributed by atoms with Crippen LogP contribution in [0.2, 0.25) is 0 Å². The lowest BCUT2D eigenvalue weighted by Crippen LogP contribution is -2.47. The highest BCUT2D eigenvalue weighted by molar-refractivity contribution is 5.83. The standard InChI is InChI=1S/C12H19N3O4.C7H11N3O2/c1-11(2,3)19-10(16)13-9-5-8(15(4)14-9)12(17)6-18-7-12;1-10-5(2-6(8)9-10)7(11)3-12-4-7/h5,17H,6-7H2,1-4H3,(H,13,14,16);2,11H,3-4H2,1H3,(H2,8,9). The molecule has 172 valence electrons. The molecular formula is C19H30N6O6. The predicted octanol–water partition coefficient (Wildman–Crippen LogP) is 0.205. The quantitative estimate of drug-likeness (QED) is 0.525. The van der Waals surface area contributed by atoms with Crippen LogP contribution in [0.25, 0.3) is 0 Å². The number of rotatable bonds is 3. The van der Waals surface area contributed by atoms with Gasteiger partial charge in [-0.1, -0.05) is 0 Å². The van der Waals surface area contributed by atoms with E-state index >= 15 is 0 Å². The first-order valence-electron chi connectivity index (χ1n) is 9.76. The lowest BCUT2D eigenvalue weighted by Gasteiger charge is -2.35. The summed E-state index contributed by atoms with van der Waals surface area (Å²) >= 11 is 0. The van der Waals surface area contributed by atoms with Crippen LogP contribution in [0, 0.1) is 0 Å². The van der Waals surface area contributed by atoms with Crippen LogP contribution >= 0.6 is 0 Å². The molecule has 0 spiro atoms. The number of nitrogens with two attached hydrogens (primary N) is 1. The zero-order chi connectivity index (χ0) is 23.0. The van der Waals surface area contributed by atoms with E-state index < -0.39 is 22.9 Å². The van der Waals surface area contributed by atoms with Gasteiger partial charge in [-0.15, -0.1) is 0 Å². The third kappa shape index (κ3) is 5.15. The van der Waals surface area contributed by atoms with Crippen molar-refractivity contribution in [3.63, 3.8) is 0 Å². The molecule has 0 unspecified atom stereocenters.